The Hall–Kier alpha value is -1.38. The van der Waals surface area contributed by atoms with Crippen LogP contribution < -0.4 is 0 Å². The highest BCUT2D eigenvalue weighted by molar-refractivity contribution is 6.31. The summed E-state index contributed by atoms with van der Waals surface area (Å²) in [6, 6.07) is 11.0. The highest BCUT2D eigenvalue weighted by Gasteiger charge is 2.11. The first kappa shape index (κ1) is 11.1. The Morgan fingerprint density at radius 2 is 2.06 bits per heavy atom. The van der Waals surface area contributed by atoms with E-state index in [2.05, 4.69) is 4.98 Å². The third kappa shape index (κ3) is 2.23. The molecule has 0 radical (unpaired) electrons. The van der Waals surface area contributed by atoms with Gasteiger partial charge in [0.1, 0.15) is 6.10 Å². The summed E-state index contributed by atoms with van der Waals surface area (Å²) in [5.41, 5.74) is 2.38. The van der Waals surface area contributed by atoms with Crippen LogP contribution in [0.3, 0.4) is 0 Å². The molecule has 1 N–H and O–H groups in total. The van der Waals surface area contributed by atoms with E-state index in [9.17, 15) is 5.11 Å². The normalized spacial score (nSPS) is 12.4. The molecule has 1 atom stereocenters. The fourth-order valence-corrected chi connectivity index (χ4v) is 1.68. The predicted octanol–water partition coefficient (Wildman–Crippen LogP) is 3.13. The molecule has 0 amide bonds. The molecule has 0 bridgehead atoms. The molecule has 0 aliphatic heterocycles. The molecule has 2 nitrogen and oxygen atoms in total. The number of halogens is 1. The standard InChI is InChI=1S/C13H12ClNO/c1-9-5-6-10(8-11(9)14)13(16)12-4-2-3-7-15-12/h2-8,13,16H,1H3. The molecule has 1 aromatic heterocycles. The number of nitrogens with zero attached hydrogens (tertiary/aromatic N) is 1. The maximum absolute atomic E-state index is 10.1. The van der Waals surface area contributed by atoms with Crippen molar-refractivity contribution >= 4 is 11.6 Å². The van der Waals surface area contributed by atoms with Crippen molar-refractivity contribution in [1.29, 1.82) is 0 Å². The quantitative estimate of drug-likeness (QED) is 0.865. The van der Waals surface area contributed by atoms with Crippen LogP contribution in [-0.2, 0) is 0 Å². The van der Waals surface area contributed by atoms with Crippen LogP contribution in [0, 0.1) is 6.92 Å². The second-order valence-electron chi connectivity index (χ2n) is 3.67. The summed E-state index contributed by atoms with van der Waals surface area (Å²) < 4.78 is 0. The van der Waals surface area contributed by atoms with Crippen LogP contribution in [0.1, 0.15) is 22.9 Å². The molecule has 1 aromatic carbocycles. The largest absolute Gasteiger partial charge is 0.382 e. The van der Waals surface area contributed by atoms with Crippen LogP contribution in [0.2, 0.25) is 5.02 Å². The second-order valence-corrected chi connectivity index (χ2v) is 4.07. The molecule has 2 aromatic rings. The Balaban J connectivity index is 2.34. The number of aryl methyl sites for hydroxylation is 1. The molecule has 0 saturated carbocycles. The molecule has 82 valence electrons. The summed E-state index contributed by atoms with van der Waals surface area (Å²) in [5.74, 6) is 0. The molecule has 0 aliphatic rings. The van der Waals surface area contributed by atoms with Crippen LogP contribution in [0.15, 0.2) is 42.6 Å². The fourth-order valence-electron chi connectivity index (χ4n) is 1.49. The van der Waals surface area contributed by atoms with Crippen molar-refractivity contribution in [2.24, 2.45) is 0 Å². The molecule has 1 heterocycles. The Bertz CT molecular complexity index is 485. The van der Waals surface area contributed by atoms with Crippen molar-refractivity contribution in [2.75, 3.05) is 0 Å². The van der Waals surface area contributed by atoms with Gasteiger partial charge >= 0.3 is 0 Å². The molecular formula is C13H12ClNO. The lowest BCUT2D eigenvalue weighted by molar-refractivity contribution is 0.215. The zero-order valence-corrected chi connectivity index (χ0v) is 9.65. The van der Waals surface area contributed by atoms with Crippen molar-refractivity contribution in [3.05, 3.63) is 64.4 Å². The monoisotopic (exact) mass is 233 g/mol. The summed E-state index contributed by atoms with van der Waals surface area (Å²) >= 11 is 6.01. The van der Waals surface area contributed by atoms with Gasteiger partial charge in [-0.1, -0.05) is 29.8 Å². The lowest BCUT2D eigenvalue weighted by Gasteiger charge is -2.11. The van der Waals surface area contributed by atoms with Gasteiger partial charge in [0, 0.05) is 11.2 Å². The van der Waals surface area contributed by atoms with E-state index in [0.717, 1.165) is 11.1 Å². The van der Waals surface area contributed by atoms with Crippen molar-refractivity contribution in [3.8, 4) is 0 Å². The highest BCUT2D eigenvalue weighted by Crippen LogP contribution is 2.24. The zero-order valence-electron chi connectivity index (χ0n) is 8.89. The minimum atomic E-state index is -0.723. The lowest BCUT2D eigenvalue weighted by Crippen LogP contribution is -2.01. The average Bonchev–Trinajstić information content (AvgIpc) is 2.33. The Morgan fingerprint density at radius 1 is 1.25 bits per heavy atom. The van der Waals surface area contributed by atoms with Crippen LogP contribution in [-0.4, -0.2) is 10.1 Å². The van der Waals surface area contributed by atoms with E-state index in [1.807, 2.05) is 31.2 Å². The maximum Gasteiger partial charge on any atom is 0.121 e. The molecule has 0 saturated heterocycles. The van der Waals surface area contributed by atoms with Gasteiger partial charge in [0.05, 0.1) is 5.69 Å². The summed E-state index contributed by atoms with van der Waals surface area (Å²) in [4.78, 5) is 4.11. The zero-order chi connectivity index (χ0) is 11.5. The van der Waals surface area contributed by atoms with Gasteiger partial charge in [-0.2, -0.15) is 0 Å². The smallest absolute Gasteiger partial charge is 0.121 e. The summed E-state index contributed by atoms with van der Waals surface area (Å²) in [5, 5.41) is 10.7. The van der Waals surface area contributed by atoms with Crippen molar-refractivity contribution in [1.82, 2.24) is 4.98 Å². The van der Waals surface area contributed by atoms with Gasteiger partial charge in [-0.25, -0.2) is 0 Å². The Labute approximate surface area is 99.5 Å². The number of aromatic nitrogens is 1. The molecule has 3 heteroatoms. The van der Waals surface area contributed by atoms with Crippen molar-refractivity contribution in [3.63, 3.8) is 0 Å². The van der Waals surface area contributed by atoms with Crippen molar-refractivity contribution < 1.29 is 5.11 Å². The SMILES string of the molecule is Cc1ccc(C(O)c2ccccn2)cc1Cl. The molecule has 1 unspecified atom stereocenters. The number of hydrogen-bond donors (Lipinski definition) is 1. The predicted molar refractivity (Wildman–Crippen MR) is 64.5 cm³/mol. The Morgan fingerprint density at radius 3 is 2.69 bits per heavy atom. The van der Waals surface area contributed by atoms with E-state index in [1.54, 1.807) is 18.3 Å². The Kier molecular flexibility index (Phi) is 3.22. The van der Waals surface area contributed by atoms with E-state index in [1.165, 1.54) is 0 Å². The first-order valence-corrected chi connectivity index (χ1v) is 5.41. The number of hydrogen-bond acceptors (Lipinski definition) is 2. The van der Waals surface area contributed by atoms with E-state index in [-0.39, 0.29) is 0 Å². The van der Waals surface area contributed by atoms with Gasteiger partial charge < -0.3 is 5.11 Å². The molecule has 16 heavy (non-hydrogen) atoms. The van der Waals surface area contributed by atoms with Crippen molar-refractivity contribution in [2.45, 2.75) is 13.0 Å². The third-order valence-electron chi connectivity index (χ3n) is 2.48. The number of benzene rings is 1. The van der Waals surface area contributed by atoms with Crippen LogP contribution in [0.4, 0.5) is 0 Å². The number of rotatable bonds is 2. The molecule has 2 rings (SSSR count). The first-order chi connectivity index (χ1) is 7.68. The van der Waals surface area contributed by atoms with Crippen LogP contribution in [0.5, 0.6) is 0 Å². The van der Waals surface area contributed by atoms with E-state index in [4.69, 9.17) is 11.6 Å². The molecular weight excluding hydrogens is 222 g/mol. The average molecular weight is 234 g/mol. The van der Waals surface area contributed by atoms with Gasteiger partial charge in [-0.3, -0.25) is 4.98 Å². The molecule has 0 aliphatic carbocycles. The maximum atomic E-state index is 10.1. The van der Waals surface area contributed by atoms with Crippen LogP contribution in [0.25, 0.3) is 0 Å². The topological polar surface area (TPSA) is 33.1 Å². The van der Waals surface area contributed by atoms with Gasteiger partial charge in [-0.15, -0.1) is 0 Å². The summed E-state index contributed by atoms with van der Waals surface area (Å²) in [6.45, 7) is 1.93. The van der Waals surface area contributed by atoms with E-state index in [0.29, 0.717) is 10.7 Å². The van der Waals surface area contributed by atoms with Gasteiger partial charge in [0.15, 0.2) is 0 Å². The molecule has 0 spiro atoms. The van der Waals surface area contributed by atoms with E-state index >= 15 is 0 Å². The third-order valence-corrected chi connectivity index (χ3v) is 2.89. The van der Waals surface area contributed by atoms with Gasteiger partial charge in [-0.05, 0) is 36.2 Å². The lowest BCUT2D eigenvalue weighted by atomic mass is 10.0. The van der Waals surface area contributed by atoms with E-state index < -0.39 is 6.10 Å². The summed E-state index contributed by atoms with van der Waals surface area (Å²) in [7, 11) is 0. The first-order valence-electron chi connectivity index (χ1n) is 5.03. The summed E-state index contributed by atoms with van der Waals surface area (Å²) in [6.07, 6.45) is 0.938. The minimum absolute atomic E-state index is 0.627. The van der Waals surface area contributed by atoms with Gasteiger partial charge in [0.25, 0.3) is 0 Å². The number of aliphatic hydroxyl groups is 1. The minimum Gasteiger partial charge on any atom is -0.382 e. The number of pyridine rings is 1. The van der Waals surface area contributed by atoms with Crippen LogP contribution >= 0.6 is 11.6 Å². The second kappa shape index (κ2) is 4.64. The van der Waals surface area contributed by atoms with Gasteiger partial charge in [0.2, 0.25) is 0 Å². The fraction of sp³-hybridized carbons (Fsp3) is 0.154. The number of aliphatic hydroxyl groups excluding tert-OH is 1. The highest BCUT2D eigenvalue weighted by atomic mass is 35.5. The molecule has 0 fully saturated rings.